The Balaban J connectivity index is 2.09. The zero-order chi connectivity index (χ0) is 35.8. The van der Waals surface area contributed by atoms with E-state index in [4.69, 9.17) is 0 Å². The van der Waals surface area contributed by atoms with Crippen molar-refractivity contribution >= 4 is 17.1 Å². The van der Waals surface area contributed by atoms with Crippen molar-refractivity contribution in [2.24, 2.45) is 0 Å². The second-order valence-electron chi connectivity index (χ2n) is 14.7. The van der Waals surface area contributed by atoms with E-state index in [1.807, 2.05) is 0 Å². The average Bonchev–Trinajstić information content (AvgIpc) is 3.13. The molecule has 3 aromatic carbocycles. The van der Waals surface area contributed by atoms with Crippen LogP contribution in [0.3, 0.4) is 0 Å². The maximum atomic E-state index is 11.8. The largest absolute Gasteiger partial charge is 0.385 e. The number of benzene rings is 3. The van der Waals surface area contributed by atoms with Crippen molar-refractivity contribution in [3.8, 4) is 0 Å². The number of hydrogen-bond donors (Lipinski definition) is 3. The van der Waals surface area contributed by atoms with E-state index in [1.54, 1.807) is 0 Å². The van der Waals surface area contributed by atoms with Crippen molar-refractivity contribution in [2.45, 2.75) is 174 Å². The second-order valence-corrected chi connectivity index (χ2v) is 14.7. The summed E-state index contributed by atoms with van der Waals surface area (Å²) < 4.78 is 0. The maximum Gasteiger partial charge on any atom is 0.0896 e. The van der Waals surface area contributed by atoms with Crippen LogP contribution in [0.2, 0.25) is 0 Å². The van der Waals surface area contributed by atoms with Gasteiger partial charge in [-0.3, -0.25) is 0 Å². The molecule has 0 aliphatic rings. The van der Waals surface area contributed by atoms with Crippen LogP contribution in [-0.2, 0) is 16.8 Å². The number of aliphatic hydroxyl groups is 3. The summed E-state index contributed by atoms with van der Waals surface area (Å²) in [7, 11) is 0. The zero-order valence-corrected chi connectivity index (χ0v) is 31.9. The van der Waals surface area contributed by atoms with Gasteiger partial charge in [-0.15, -0.1) is 0 Å². The van der Waals surface area contributed by atoms with E-state index in [0.717, 1.165) is 149 Å². The number of anilines is 3. The predicted octanol–water partition coefficient (Wildman–Crippen LogP) is 12.9. The molecule has 0 heterocycles. The average molecular weight is 672 g/mol. The third kappa shape index (κ3) is 11.2. The maximum absolute atomic E-state index is 11.8. The number of rotatable bonds is 24. The van der Waals surface area contributed by atoms with Crippen molar-refractivity contribution in [2.75, 3.05) is 4.90 Å². The molecular weight excluding hydrogens is 602 g/mol. The summed E-state index contributed by atoms with van der Waals surface area (Å²) in [5, 5.41) is 35.4. The van der Waals surface area contributed by atoms with E-state index in [9.17, 15) is 15.3 Å². The molecule has 0 saturated heterocycles. The molecule has 4 nitrogen and oxygen atoms in total. The molecule has 0 aliphatic heterocycles. The van der Waals surface area contributed by atoms with Gasteiger partial charge in [0.2, 0.25) is 0 Å². The van der Waals surface area contributed by atoms with Crippen molar-refractivity contribution in [3.63, 3.8) is 0 Å². The van der Waals surface area contributed by atoms with Gasteiger partial charge in [0.25, 0.3) is 0 Å². The van der Waals surface area contributed by atoms with Gasteiger partial charge >= 0.3 is 0 Å². The number of hydrogen-bond acceptors (Lipinski definition) is 4. The van der Waals surface area contributed by atoms with E-state index >= 15 is 0 Å². The Morgan fingerprint density at radius 2 is 0.531 bits per heavy atom. The van der Waals surface area contributed by atoms with Crippen LogP contribution in [0.5, 0.6) is 0 Å². The van der Waals surface area contributed by atoms with Gasteiger partial charge in [-0.25, -0.2) is 0 Å². The highest BCUT2D eigenvalue weighted by atomic mass is 16.3. The summed E-state index contributed by atoms with van der Waals surface area (Å²) in [5.41, 5.74) is 3.53. The van der Waals surface area contributed by atoms with Crippen LogP contribution in [0.4, 0.5) is 17.1 Å². The first kappa shape index (κ1) is 40.8. The first-order chi connectivity index (χ1) is 23.6. The Hall–Kier alpha value is -2.66. The van der Waals surface area contributed by atoms with Crippen LogP contribution in [0.15, 0.2) is 72.8 Å². The van der Waals surface area contributed by atoms with E-state index in [1.165, 1.54) is 0 Å². The lowest BCUT2D eigenvalue weighted by atomic mass is 9.83. The topological polar surface area (TPSA) is 63.9 Å². The van der Waals surface area contributed by atoms with Crippen LogP contribution in [0.1, 0.15) is 174 Å². The molecule has 4 heteroatoms. The highest BCUT2D eigenvalue weighted by molar-refractivity contribution is 5.77. The molecule has 0 bridgehead atoms. The molecule has 3 N–H and O–H groups in total. The highest BCUT2D eigenvalue weighted by Gasteiger charge is 2.31. The standard InChI is InChI=1S/C45H69NO3/c1-7-13-31-43(47,32-14-8-2)37-19-25-40(26-20-37)46(41-27-21-38(22-28-41)44(48,33-15-9-3)34-16-10-4)42-29-23-39(24-30-42)45(49,35-17-11-5)36-18-12-6/h19-30,47-49H,7-18,31-36H2,1-6H3. The van der Waals surface area contributed by atoms with Gasteiger partial charge in [0, 0.05) is 17.1 Å². The molecule has 0 spiro atoms. The van der Waals surface area contributed by atoms with Crippen molar-refractivity contribution in [3.05, 3.63) is 89.5 Å². The second kappa shape index (κ2) is 20.3. The van der Waals surface area contributed by atoms with E-state index in [-0.39, 0.29) is 0 Å². The zero-order valence-electron chi connectivity index (χ0n) is 31.9. The molecule has 0 atom stereocenters. The van der Waals surface area contributed by atoms with Gasteiger partial charge in [0.15, 0.2) is 0 Å². The molecule has 49 heavy (non-hydrogen) atoms. The third-order valence-corrected chi connectivity index (χ3v) is 10.7. The summed E-state index contributed by atoms with van der Waals surface area (Å²) >= 11 is 0. The van der Waals surface area contributed by atoms with Gasteiger partial charge < -0.3 is 20.2 Å². The SMILES string of the molecule is CCCCC(O)(CCCC)c1ccc(N(c2ccc(C(O)(CCCC)CCCC)cc2)c2ccc(C(O)(CCCC)CCCC)cc2)cc1. The lowest BCUT2D eigenvalue weighted by molar-refractivity contribution is 0.0138. The van der Waals surface area contributed by atoms with E-state index < -0.39 is 16.8 Å². The Kier molecular flexibility index (Phi) is 16.9. The van der Waals surface area contributed by atoms with Gasteiger partial charge in [0.05, 0.1) is 16.8 Å². The summed E-state index contributed by atoms with van der Waals surface area (Å²) in [5.74, 6) is 0. The summed E-state index contributed by atoms with van der Waals surface area (Å²) in [6.07, 6.45) is 17.0. The third-order valence-electron chi connectivity index (χ3n) is 10.7. The Bertz CT molecular complexity index is 1130. The monoisotopic (exact) mass is 672 g/mol. The van der Waals surface area contributed by atoms with Gasteiger partial charge in [-0.05, 0) is 91.6 Å². The van der Waals surface area contributed by atoms with Crippen molar-refractivity contribution in [1.29, 1.82) is 0 Å². The minimum absolute atomic E-state index is 0.771. The van der Waals surface area contributed by atoms with Crippen molar-refractivity contribution in [1.82, 2.24) is 0 Å². The minimum atomic E-state index is -0.818. The van der Waals surface area contributed by atoms with Crippen LogP contribution >= 0.6 is 0 Å². The number of nitrogens with zero attached hydrogens (tertiary/aromatic N) is 1. The first-order valence-corrected chi connectivity index (χ1v) is 19.9. The molecule has 3 aromatic rings. The van der Waals surface area contributed by atoms with Gasteiger partial charge in [-0.1, -0.05) is 155 Å². The molecule has 0 amide bonds. The van der Waals surface area contributed by atoms with Gasteiger partial charge in [-0.2, -0.15) is 0 Å². The Labute approximate surface area is 300 Å². The van der Waals surface area contributed by atoms with E-state index in [0.29, 0.717) is 0 Å². The lowest BCUT2D eigenvalue weighted by Crippen LogP contribution is -2.26. The summed E-state index contributed by atoms with van der Waals surface area (Å²) in [6.45, 7) is 13.1. The minimum Gasteiger partial charge on any atom is -0.385 e. The molecule has 3 rings (SSSR count). The molecule has 0 fully saturated rings. The first-order valence-electron chi connectivity index (χ1n) is 19.9. The highest BCUT2D eigenvalue weighted by Crippen LogP contribution is 2.41. The smallest absolute Gasteiger partial charge is 0.0896 e. The fourth-order valence-corrected chi connectivity index (χ4v) is 7.27. The Morgan fingerprint density at radius 3 is 0.694 bits per heavy atom. The normalized spacial score (nSPS) is 12.4. The van der Waals surface area contributed by atoms with Crippen LogP contribution in [-0.4, -0.2) is 15.3 Å². The van der Waals surface area contributed by atoms with E-state index in [2.05, 4.69) is 119 Å². The lowest BCUT2D eigenvalue weighted by Gasteiger charge is -2.32. The molecule has 0 aliphatic carbocycles. The molecule has 0 aromatic heterocycles. The fraction of sp³-hybridized carbons (Fsp3) is 0.600. The fourth-order valence-electron chi connectivity index (χ4n) is 7.27. The van der Waals surface area contributed by atoms with Crippen LogP contribution in [0.25, 0.3) is 0 Å². The molecule has 0 saturated carbocycles. The van der Waals surface area contributed by atoms with Crippen LogP contribution < -0.4 is 4.90 Å². The summed E-state index contributed by atoms with van der Waals surface area (Å²) in [4.78, 5) is 2.25. The molecular formula is C45H69NO3. The Morgan fingerprint density at radius 1 is 0.347 bits per heavy atom. The predicted molar refractivity (Wildman–Crippen MR) is 210 cm³/mol. The summed E-state index contributed by atoms with van der Waals surface area (Å²) in [6, 6.07) is 25.5. The molecule has 0 radical (unpaired) electrons. The molecule has 0 unspecified atom stereocenters. The quantitative estimate of drug-likeness (QED) is 0.0887. The van der Waals surface area contributed by atoms with Crippen LogP contribution in [0, 0.1) is 0 Å². The van der Waals surface area contributed by atoms with Crippen molar-refractivity contribution < 1.29 is 15.3 Å². The van der Waals surface area contributed by atoms with Gasteiger partial charge in [0.1, 0.15) is 0 Å². The molecule has 272 valence electrons. The number of unbranched alkanes of at least 4 members (excludes halogenated alkanes) is 6.